The lowest BCUT2D eigenvalue weighted by atomic mass is 9.98. The van der Waals surface area contributed by atoms with E-state index in [-0.39, 0.29) is 29.9 Å². The van der Waals surface area contributed by atoms with Gasteiger partial charge in [0.15, 0.2) is 0 Å². The number of pyridine rings is 1. The summed E-state index contributed by atoms with van der Waals surface area (Å²) in [5.74, 6) is 3.95. The van der Waals surface area contributed by atoms with Gasteiger partial charge in [0.1, 0.15) is 12.4 Å². The van der Waals surface area contributed by atoms with Gasteiger partial charge >= 0.3 is 0 Å². The van der Waals surface area contributed by atoms with Crippen molar-refractivity contribution >= 4 is 44.9 Å². The molecule has 1 saturated heterocycles. The van der Waals surface area contributed by atoms with E-state index in [1.165, 1.54) is 17.0 Å². The van der Waals surface area contributed by atoms with Gasteiger partial charge < -0.3 is 26.3 Å². The smallest absolute Gasteiger partial charge is 0.242 e. The summed E-state index contributed by atoms with van der Waals surface area (Å²) in [6, 6.07) is 14.0. The average Bonchev–Trinajstić information content (AvgIpc) is 3.91. The Labute approximate surface area is 268 Å². The molecule has 2 aromatic carbocycles. The number of likely N-dealkylation sites (tertiary alicyclic amines) is 1. The predicted octanol–water partition coefficient (Wildman–Crippen LogP) is 1.31. The Morgan fingerprint density at radius 2 is 1.85 bits per heavy atom. The second kappa shape index (κ2) is 15.1. The number of nitrogens with zero attached hydrogens (tertiary/aromatic N) is 4. The largest absolute Gasteiger partial charge is 0.361 e. The molecule has 0 spiro atoms. The van der Waals surface area contributed by atoms with E-state index in [0.29, 0.717) is 25.9 Å². The highest BCUT2D eigenvalue weighted by atomic mass is 32.2. The Bertz CT molecular complexity index is 1670. The fraction of sp³-hybridized carbons (Fsp3) is 0.406. The number of amides is 3. The maximum atomic E-state index is 14.0. The number of sulfonamides is 1. The van der Waals surface area contributed by atoms with Crippen LogP contribution in [0.2, 0.25) is 0 Å². The molecule has 244 valence electrons. The van der Waals surface area contributed by atoms with Gasteiger partial charge in [-0.3, -0.25) is 19.4 Å². The Hall–Kier alpha value is -4.56. The molecule has 13 nitrogen and oxygen atoms in total. The minimum Gasteiger partial charge on any atom is -0.361 e. The minimum absolute atomic E-state index is 0.0274. The summed E-state index contributed by atoms with van der Waals surface area (Å²) in [7, 11) is -4.22. The summed E-state index contributed by atoms with van der Waals surface area (Å²) in [5.41, 5.74) is 0.800. The van der Waals surface area contributed by atoms with E-state index >= 15 is 0 Å². The SMILES string of the molecule is NN=CN1CCC[C@@H](CNC(=O)C[C@H](NS(=O)(=O)c2ccc3ccccc3c2)C(=O)N(CC(=O)NCc2cccnc2)C2CC2)C1. The van der Waals surface area contributed by atoms with Crippen LogP contribution in [0.1, 0.15) is 37.7 Å². The number of nitrogens with two attached hydrogens (primary N) is 1. The predicted molar refractivity (Wildman–Crippen MR) is 173 cm³/mol. The van der Waals surface area contributed by atoms with Gasteiger partial charge in [-0.05, 0) is 66.1 Å². The quantitative estimate of drug-likeness (QED) is 0.0875. The molecule has 5 rings (SSSR count). The molecule has 0 bridgehead atoms. The highest BCUT2D eigenvalue weighted by Crippen LogP contribution is 2.28. The van der Waals surface area contributed by atoms with E-state index < -0.39 is 40.2 Å². The van der Waals surface area contributed by atoms with Gasteiger partial charge in [-0.25, -0.2) is 8.42 Å². The number of fused-ring (bicyclic) bond motifs is 1. The van der Waals surface area contributed by atoms with Gasteiger partial charge in [0, 0.05) is 44.6 Å². The van der Waals surface area contributed by atoms with Crippen LogP contribution in [0.15, 0.2) is 77.0 Å². The molecule has 2 aliphatic rings. The van der Waals surface area contributed by atoms with Crippen molar-refractivity contribution in [3.8, 4) is 0 Å². The molecule has 2 atom stereocenters. The molecular formula is C32H40N8O5S. The summed E-state index contributed by atoms with van der Waals surface area (Å²) in [6.45, 7) is 1.82. The van der Waals surface area contributed by atoms with E-state index in [2.05, 4.69) is 25.4 Å². The van der Waals surface area contributed by atoms with Crippen LogP contribution >= 0.6 is 0 Å². The maximum absolute atomic E-state index is 14.0. The molecular weight excluding hydrogens is 608 g/mol. The molecule has 2 heterocycles. The fourth-order valence-electron chi connectivity index (χ4n) is 5.64. The van der Waals surface area contributed by atoms with Crippen molar-refractivity contribution in [3.05, 3.63) is 72.6 Å². The lowest BCUT2D eigenvalue weighted by molar-refractivity contribution is -0.139. The zero-order chi connectivity index (χ0) is 32.5. The first-order chi connectivity index (χ1) is 22.2. The van der Waals surface area contributed by atoms with Crippen LogP contribution in [0.4, 0.5) is 0 Å². The van der Waals surface area contributed by atoms with Gasteiger partial charge in [0.2, 0.25) is 27.7 Å². The number of aromatic nitrogens is 1. The monoisotopic (exact) mass is 648 g/mol. The Morgan fingerprint density at radius 3 is 2.59 bits per heavy atom. The van der Waals surface area contributed by atoms with Gasteiger partial charge in [-0.1, -0.05) is 36.4 Å². The minimum atomic E-state index is -4.22. The Morgan fingerprint density at radius 1 is 1.04 bits per heavy atom. The second-order valence-corrected chi connectivity index (χ2v) is 13.5. The molecule has 3 amide bonds. The van der Waals surface area contributed by atoms with Crippen LogP contribution in [0.25, 0.3) is 10.8 Å². The molecule has 3 aromatic rings. The number of benzene rings is 2. The lowest BCUT2D eigenvalue weighted by Crippen LogP contribution is -2.53. The normalized spacial score (nSPS) is 17.5. The number of hydrogen-bond acceptors (Lipinski definition) is 8. The van der Waals surface area contributed by atoms with Crippen LogP contribution in [0, 0.1) is 5.92 Å². The van der Waals surface area contributed by atoms with Gasteiger partial charge in [0.25, 0.3) is 0 Å². The van der Waals surface area contributed by atoms with Gasteiger partial charge in [0.05, 0.1) is 17.9 Å². The lowest BCUT2D eigenvalue weighted by Gasteiger charge is -2.31. The summed E-state index contributed by atoms with van der Waals surface area (Å²) in [4.78, 5) is 47.5. The van der Waals surface area contributed by atoms with Crippen molar-refractivity contribution in [1.82, 2.24) is 30.1 Å². The molecule has 14 heteroatoms. The van der Waals surface area contributed by atoms with E-state index in [1.807, 2.05) is 29.2 Å². The molecule has 0 unspecified atom stereocenters. The molecule has 0 radical (unpaired) electrons. The number of hydrogen-bond donors (Lipinski definition) is 4. The zero-order valence-corrected chi connectivity index (χ0v) is 26.4. The van der Waals surface area contributed by atoms with Crippen LogP contribution in [0.3, 0.4) is 0 Å². The average molecular weight is 649 g/mol. The number of carbonyl (C=O) groups excluding carboxylic acids is 3. The fourth-order valence-corrected chi connectivity index (χ4v) is 6.86. The summed E-state index contributed by atoms with van der Waals surface area (Å²) < 4.78 is 29.8. The zero-order valence-electron chi connectivity index (χ0n) is 25.5. The molecule has 2 fully saturated rings. The summed E-state index contributed by atoms with van der Waals surface area (Å²) in [5, 5.41) is 10.8. The number of hydrazone groups is 1. The topological polar surface area (TPSA) is 179 Å². The Kier molecular flexibility index (Phi) is 10.8. The van der Waals surface area contributed by atoms with Crippen LogP contribution in [0.5, 0.6) is 0 Å². The van der Waals surface area contributed by atoms with Crippen molar-refractivity contribution in [2.45, 2.75) is 55.6 Å². The van der Waals surface area contributed by atoms with Crippen molar-refractivity contribution in [3.63, 3.8) is 0 Å². The van der Waals surface area contributed by atoms with Gasteiger partial charge in [-0.2, -0.15) is 9.82 Å². The third kappa shape index (κ3) is 9.01. The van der Waals surface area contributed by atoms with Crippen LogP contribution < -0.4 is 21.2 Å². The highest BCUT2D eigenvalue weighted by Gasteiger charge is 2.39. The number of carbonyl (C=O) groups is 3. The summed E-state index contributed by atoms with van der Waals surface area (Å²) in [6.07, 6.45) is 7.60. The van der Waals surface area contributed by atoms with E-state index in [4.69, 9.17) is 5.84 Å². The van der Waals surface area contributed by atoms with Crippen molar-refractivity contribution in [2.24, 2.45) is 16.9 Å². The maximum Gasteiger partial charge on any atom is 0.242 e. The first-order valence-electron chi connectivity index (χ1n) is 15.4. The standard InChI is InChI=1S/C32H40N8O5S/c33-37-22-39-14-4-6-24(20-39)19-35-30(41)16-29(38-46(44,45)28-12-9-25-7-1-2-8-26(25)15-28)32(43)40(27-10-11-27)21-31(42)36-18-23-5-3-13-34-17-23/h1-3,5,7-9,12-13,15,17,22,24,27,29,38H,4,6,10-11,14,16,18-21,33H2,(H,35,41)(H,36,42)/t24-,29-/m0/s1. The van der Waals surface area contributed by atoms with E-state index in [0.717, 1.165) is 35.7 Å². The first kappa shape index (κ1) is 32.8. The number of piperidine rings is 1. The highest BCUT2D eigenvalue weighted by molar-refractivity contribution is 7.89. The van der Waals surface area contributed by atoms with E-state index in [9.17, 15) is 22.8 Å². The third-order valence-electron chi connectivity index (χ3n) is 8.18. The van der Waals surface area contributed by atoms with Crippen molar-refractivity contribution < 1.29 is 22.8 Å². The van der Waals surface area contributed by atoms with Crippen LogP contribution in [-0.2, 0) is 31.0 Å². The summed E-state index contributed by atoms with van der Waals surface area (Å²) >= 11 is 0. The molecule has 5 N–H and O–H groups in total. The molecule has 46 heavy (non-hydrogen) atoms. The van der Waals surface area contributed by atoms with Crippen molar-refractivity contribution in [1.29, 1.82) is 0 Å². The Balaban J connectivity index is 1.31. The van der Waals surface area contributed by atoms with Gasteiger partial charge in [-0.15, -0.1) is 0 Å². The molecule has 1 saturated carbocycles. The number of nitrogens with one attached hydrogen (secondary N) is 3. The van der Waals surface area contributed by atoms with Crippen LogP contribution in [-0.4, -0.2) is 85.5 Å². The molecule has 1 aliphatic heterocycles. The molecule has 1 aliphatic carbocycles. The second-order valence-electron chi connectivity index (χ2n) is 11.8. The van der Waals surface area contributed by atoms with Crippen molar-refractivity contribution in [2.75, 3.05) is 26.2 Å². The third-order valence-corrected chi connectivity index (χ3v) is 9.65. The molecule has 1 aromatic heterocycles. The van der Waals surface area contributed by atoms with E-state index in [1.54, 1.807) is 36.9 Å². The first-order valence-corrected chi connectivity index (χ1v) is 16.9. The number of rotatable bonds is 14.